The zero-order chi connectivity index (χ0) is 16.1. The van der Waals surface area contributed by atoms with Gasteiger partial charge in [0.15, 0.2) is 0 Å². The van der Waals surface area contributed by atoms with Crippen molar-refractivity contribution in [2.75, 3.05) is 6.54 Å². The molecule has 1 aliphatic carbocycles. The Morgan fingerprint density at radius 2 is 2.09 bits per heavy atom. The second-order valence-electron chi connectivity index (χ2n) is 5.79. The van der Waals surface area contributed by atoms with Crippen LogP contribution in [0.5, 0.6) is 0 Å². The van der Waals surface area contributed by atoms with Crippen molar-refractivity contribution in [3.05, 3.63) is 52.1 Å². The van der Waals surface area contributed by atoms with Crippen LogP contribution in [0.3, 0.4) is 0 Å². The van der Waals surface area contributed by atoms with Gasteiger partial charge in [0.1, 0.15) is 5.69 Å². The Labute approximate surface area is 144 Å². The molecule has 2 N–H and O–H groups in total. The molecule has 120 valence electrons. The number of hydrogen-bond acceptors (Lipinski definition) is 2. The molecule has 23 heavy (non-hydrogen) atoms. The molecule has 1 aliphatic rings. The van der Waals surface area contributed by atoms with Gasteiger partial charge < -0.3 is 5.32 Å². The third-order valence-electron chi connectivity index (χ3n) is 4.08. The van der Waals surface area contributed by atoms with Gasteiger partial charge in [-0.2, -0.15) is 5.10 Å². The number of rotatable bonds is 5. The van der Waals surface area contributed by atoms with Crippen molar-refractivity contribution in [3.63, 3.8) is 0 Å². The molecule has 2 aromatic rings. The number of halogens is 1. The third kappa shape index (κ3) is 4.32. The van der Waals surface area contributed by atoms with E-state index < -0.39 is 0 Å². The van der Waals surface area contributed by atoms with E-state index in [1.54, 1.807) is 6.07 Å². The largest absolute Gasteiger partial charge is 0.350 e. The molecule has 4 nitrogen and oxygen atoms in total. The summed E-state index contributed by atoms with van der Waals surface area (Å²) in [6.45, 7) is 0.678. The summed E-state index contributed by atoms with van der Waals surface area (Å²) in [5.74, 6) is -0.0997. The van der Waals surface area contributed by atoms with E-state index in [9.17, 15) is 4.79 Å². The van der Waals surface area contributed by atoms with E-state index in [0.29, 0.717) is 12.2 Å². The van der Waals surface area contributed by atoms with Gasteiger partial charge in [0.2, 0.25) is 0 Å². The lowest BCUT2D eigenvalue weighted by Crippen LogP contribution is -2.25. The standard InChI is InChI=1S/C18H20BrN3O/c19-15-8-6-14(7-9-15)16-12-17(22-21-16)18(23)20-11-10-13-4-2-1-3-5-13/h4,6-9,12H,1-3,5,10-11H2,(H,20,23)(H,21,22). The van der Waals surface area contributed by atoms with Crippen molar-refractivity contribution in [1.29, 1.82) is 0 Å². The minimum Gasteiger partial charge on any atom is -0.350 e. The smallest absolute Gasteiger partial charge is 0.269 e. The van der Waals surface area contributed by atoms with E-state index >= 15 is 0 Å². The first kappa shape index (κ1) is 16.0. The zero-order valence-corrected chi connectivity index (χ0v) is 14.5. The van der Waals surface area contributed by atoms with Crippen molar-refractivity contribution in [2.24, 2.45) is 0 Å². The molecule has 0 spiro atoms. The first-order valence-electron chi connectivity index (χ1n) is 8.00. The Bertz CT molecular complexity index is 703. The van der Waals surface area contributed by atoms with Crippen LogP contribution < -0.4 is 5.32 Å². The second-order valence-corrected chi connectivity index (χ2v) is 6.70. The Morgan fingerprint density at radius 3 is 2.83 bits per heavy atom. The monoisotopic (exact) mass is 373 g/mol. The summed E-state index contributed by atoms with van der Waals surface area (Å²) >= 11 is 3.41. The summed E-state index contributed by atoms with van der Waals surface area (Å²) in [6, 6.07) is 9.65. The lowest BCUT2D eigenvalue weighted by Gasteiger charge is -2.12. The summed E-state index contributed by atoms with van der Waals surface area (Å²) in [4.78, 5) is 12.2. The number of allylic oxidation sites excluding steroid dienone is 1. The number of hydrogen-bond donors (Lipinski definition) is 2. The molecule has 3 rings (SSSR count). The Hall–Kier alpha value is -1.88. The fraction of sp³-hybridized carbons (Fsp3) is 0.333. The zero-order valence-electron chi connectivity index (χ0n) is 12.9. The fourth-order valence-electron chi connectivity index (χ4n) is 2.77. The summed E-state index contributed by atoms with van der Waals surface area (Å²) in [5, 5.41) is 10.0. The molecule has 1 aromatic heterocycles. The molecular formula is C18H20BrN3O. The number of carbonyl (C=O) groups excluding carboxylic acids is 1. The molecule has 0 fully saturated rings. The molecule has 5 heteroatoms. The highest BCUT2D eigenvalue weighted by Crippen LogP contribution is 2.21. The molecule has 1 aromatic carbocycles. The van der Waals surface area contributed by atoms with Gasteiger partial charge in [0, 0.05) is 16.6 Å². The highest BCUT2D eigenvalue weighted by molar-refractivity contribution is 9.10. The SMILES string of the molecule is O=C(NCCC1=CCCCC1)c1cc(-c2ccc(Br)cc2)n[nH]1. The van der Waals surface area contributed by atoms with Gasteiger partial charge in [-0.05, 0) is 50.3 Å². The predicted octanol–water partition coefficient (Wildman–Crippen LogP) is 4.46. The number of H-pyrrole nitrogens is 1. The van der Waals surface area contributed by atoms with Gasteiger partial charge in [0.25, 0.3) is 5.91 Å². The molecule has 0 aliphatic heterocycles. The molecule has 1 amide bonds. The fourth-order valence-corrected chi connectivity index (χ4v) is 3.03. The average Bonchev–Trinajstić information content (AvgIpc) is 3.06. The van der Waals surface area contributed by atoms with Crippen molar-refractivity contribution in [3.8, 4) is 11.3 Å². The molecule has 0 unspecified atom stereocenters. The number of nitrogens with one attached hydrogen (secondary N) is 2. The first-order chi connectivity index (χ1) is 11.2. The maximum absolute atomic E-state index is 12.2. The summed E-state index contributed by atoms with van der Waals surface area (Å²) in [6.07, 6.45) is 8.19. The van der Waals surface area contributed by atoms with Gasteiger partial charge in [0.05, 0.1) is 5.69 Å². The van der Waals surface area contributed by atoms with Crippen molar-refractivity contribution >= 4 is 21.8 Å². The molecule has 0 radical (unpaired) electrons. The first-order valence-corrected chi connectivity index (χ1v) is 8.79. The number of aromatic amines is 1. The molecular weight excluding hydrogens is 354 g/mol. The highest BCUT2D eigenvalue weighted by atomic mass is 79.9. The Balaban J connectivity index is 1.55. The van der Waals surface area contributed by atoms with E-state index in [1.165, 1.54) is 31.3 Å². The second kappa shape index (κ2) is 7.59. The van der Waals surface area contributed by atoms with Crippen LogP contribution in [0.2, 0.25) is 0 Å². The van der Waals surface area contributed by atoms with Crippen LogP contribution in [-0.4, -0.2) is 22.6 Å². The van der Waals surface area contributed by atoms with E-state index in [2.05, 4.69) is 37.5 Å². The summed E-state index contributed by atoms with van der Waals surface area (Å²) in [5.41, 5.74) is 3.73. The van der Waals surface area contributed by atoms with Crippen LogP contribution in [0.15, 0.2) is 46.5 Å². The van der Waals surface area contributed by atoms with Crippen LogP contribution in [0.4, 0.5) is 0 Å². The lowest BCUT2D eigenvalue weighted by atomic mass is 9.97. The van der Waals surface area contributed by atoms with Gasteiger partial charge in [-0.15, -0.1) is 0 Å². The van der Waals surface area contributed by atoms with Crippen molar-refractivity contribution in [1.82, 2.24) is 15.5 Å². The highest BCUT2D eigenvalue weighted by Gasteiger charge is 2.11. The molecule has 0 saturated carbocycles. The van der Waals surface area contributed by atoms with Crippen LogP contribution in [0.1, 0.15) is 42.6 Å². The van der Waals surface area contributed by atoms with Crippen LogP contribution in [0.25, 0.3) is 11.3 Å². The van der Waals surface area contributed by atoms with E-state index in [-0.39, 0.29) is 5.91 Å². The summed E-state index contributed by atoms with van der Waals surface area (Å²) < 4.78 is 1.02. The Morgan fingerprint density at radius 1 is 1.26 bits per heavy atom. The van der Waals surface area contributed by atoms with Crippen LogP contribution in [-0.2, 0) is 0 Å². The van der Waals surface area contributed by atoms with Crippen LogP contribution >= 0.6 is 15.9 Å². The molecule has 1 heterocycles. The van der Waals surface area contributed by atoms with E-state index in [1.807, 2.05) is 24.3 Å². The topological polar surface area (TPSA) is 57.8 Å². The Kier molecular flexibility index (Phi) is 5.28. The average molecular weight is 374 g/mol. The predicted molar refractivity (Wildman–Crippen MR) is 95.2 cm³/mol. The van der Waals surface area contributed by atoms with E-state index in [4.69, 9.17) is 0 Å². The van der Waals surface area contributed by atoms with Crippen molar-refractivity contribution in [2.45, 2.75) is 32.1 Å². The quantitative estimate of drug-likeness (QED) is 0.760. The van der Waals surface area contributed by atoms with Crippen molar-refractivity contribution < 1.29 is 4.79 Å². The van der Waals surface area contributed by atoms with Gasteiger partial charge >= 0.3 is 0 Å². The number of nitrogens with zero attached hydrogens (tertiary/aromatic N) is 1. The number of amides is 1. The minimum absolute atomic E-state index is 0.0997. The normalized spacial score (nSPS) is 14.4. The minimum atomic E-state index is -0.0997. The van der Waals surface area contributed by atoms with Gasteiger partial charge in [-0.25, -0.2) is 0 Å². The molecule has 0 saturated heterocycles. The number of benzene rings is 1. The number of aromatic nitrogens is 2. The maximum atomic E-state index is 12.2. The third-order valence-corrected chi connectivity index (χ3v) is 4.61. The molecule has 0 bridgehead atoms. The van der Waals surface area contributed by atoms with Gasteiger partial charge in [-0.1, -0.05) is 39.7 Å². The molecule has 0 atom stereocenters. The van der Waals surface area contributed by atoms with E-state index in [0.717, 1.165) is 22.2 Å². The maximum Gasteiger partial charge on any atom is 0.269 e. The lowest BCUT2D eigenvalue weighted by molar-refractivity contribution is 0.0949. The van der Waals surface area contributed by atoms with Crippen LogP contribution in [0, 0.1) is 0 Å². The summed E-state index contributed by atoms with van der Waals surface area (Å²) in [7, 11) is 0. The van der Waals surface area contributed by atoms with Gasteiger partial charge in [-0.3, -0.25) is 9.89 Å². The number of carbonyl (C=O) groups is 1.